The van der Waals surface area contributed by atoms with Crippen molar-refractivity contribution < 1.29 is 13.9 Å². The van der Waals surface area contributed by atoms with Gasteiger partial charge in [-0.15, -0.1) is 0 Å². The standard InChI is InChI=1S/C21H19FN2O2/c1-15(26-20-8-4-18(22)5-9-20)21(25)24-19-6-2-16(3-7-19)14-17-10-12-23-13-11-17/h2-13,15H,14H2,1H3,(H,24,25)/t15-/m0/s1. The van der Waals surface area contributed by atoms with Gasteiger partial charge in [-0.1, -0.05) is 12.1 Å². The van der Waals surface area contributed by atoms with Crippen LogP contribution in [0.2, 0.25) is 0 Å². The van der Waals surface area contributed by atoms with Gasteiger partial charge in [-0.25, -0.2) is 4.39 Å². The Labute approximate surface area is 151 Å². The van der Waals surface area contributed by atoms with Crippen molar-refractivity contribution in [1.29, 1.82) is 0 Å². The molecule has 0 aliphatic rings. The molecule has 0 fully saturated rings. The number of carbonyl (C=O) groups excluding carboxylic acids is 1. The lowest BCUT2D eigenvalue weighted by Gasteiger charge is -2.15. The van der Waals surface area contributed by atoms with Crippen molar-refractivity contribution in [3.8, 4) is 5.75 Å². The zero-order valence-electron chi connectivity index (χ0n) is 14.4. The van der Waals surface area contributed by atoms with Crippen LogP contribution in [-0.2, 0) is 11.2 Å². The molecule has 1 amide bonds. The number of pyridine rings is 1. The summed E-state index contributed by atoms with van der Waals surface area (Å²) in [5.41, 5.74) is 3.02. The summed E-state index contributed by atoms with van der Waals surface area (Å²) in [5.74, 6) is -0.167. The van der Waals surface area contributed by atoms with E-state index in [2.05, 4.69) is 10.3 Å². The van der Waals surface area contributed by atoms with Crippen LogP contribution in [0.3, 0.4) is 0 Å². The maximum Gasteiger partial charge on any atom is 0.265 e. The number of rotatable bonds is 6. The Morgan fingerprint density at radius 3 is 2.27 bits per heavy atom. The first-order valence-electron chi connectivity index (χ1n) is 8.31. The summed E-state index contributed by atoms with van der Waals surface area (Å²) in [5, 5.41) is 2.82. The van der Waals surface area contributed by atoms with Gasteiger partial charge in [-0.2, -0.15) is 0 Å². The molecule has 0 aliphatic heterocycles. The molecule has 0 radical (unpaired) electrons. The molecule has 1 heterocycles. The Kier molecular flexibility index (Phi) is 5.59. The second kappa shape index (κ2) is 8.25. The number of benzene rings is 2. The molecular weight excluding hydrogens is 331 g/mol. The molecule has 0 aliphatic carbocycles. The zero-order valence-corrected chi connectivity index (χ0v) is 14.4. The minimum absolute atomic E-state index is 0.267. The second-order valence-electron chi connectivity index (χ2n) is 5.93. The number of amides is 1. The molecule has 0 unspecified atom stereocenters. The van der Waals surface area contributed by atoms with Gasteiger partial charge in [0.05, 0.1) is 0 Å². The van der Waals surface area contributed by atoms with Crippen molar-refractivity contribution in [3.63, 3.8) is 0 Å². The molecular formula is C21H19FN2O2. The maximum absolute atomic E-state index is 12.9. The number of anilines is 1. The van der Waals surface area contributed by atoms with E-state index in [1.54, 1.807) is 19.3 Å². The Morgan fingerprint density at radius 1 is 1.00 bits per heavy atom. The highest BCUT2D eigenvalue weighted by Gasteiger charge is 2.15. The highest BCUT2D eigenvalue weighted by atomic mass is 19.1. The third-order valence-electron chi connectivity index (χ3n) is 3.87. The lowest BCUT2D eigenvalue weighted by atomic mass is 10.1. The van der Waals surface area contributed by atoms with Gasteiger partial charge < -0.3 is 10.1 Å². The van der Waals surface area contributed by atoms with Crippen molar-refractivity contribution in [2.24, 2.45) is 0 Å². The summed E-state index contributed by atoms with van der Waals surface area (Å²) in [7, 11) is 0. The fourth-order valence-corrected chi connectivity index (χ4v) is 2.46. The van der Waals surface area contributed by atoms with Crippen molar-refractivity contribution in [1.82, 2.24) is 4.98 Å². The SMILES string of the molecule is C[C@H](Oc1ccc(F)cc1)C(=O)Nc1ccc(Cc2ccncc2)cc1. The minimum Gasteiger partial charge on any atom is -0.481 e. The van der Waals surface area contributed by atoms with E-state index >= 15 is 0 Å². The number of hydrogen-bond donors (Lipinski definition) is 1. The number of carbonyl (C=O) groups is 1. The third-order valence-corrected chi connectivity index (χ3v) is 3.87. The van der Waals surface area contributed by atoms with E-state index in [1.807, 2.05) is 36.4 Å². The molecule has 0 saturated heterocycles. The average Bonchev–Trinajstić information content (AvgIpc) is 2.66. The van der Waals surface area contributed by atoms with Crippen molar-refractivity contribution in [2.75, 3.05) is 5.32 Å². The van der Waals surface area contributed by atoms with E-state index in [0.29, 0.717) is 11.4 Å². The summed E-state index contributed by atoms with van der Waals surface area (Å²) in [4.78, 5) is 16.2. The molecule has 1 atom stereocenters. The van der Waals surface area contributed by atoms with E-state index in [1.165, 1.54) is 29.8 Å². The monoisotopic (exact) mass is 350 g/mol. The lowest BCUT2D eigenvalue weighted by Crippen LogP contribution is -2.30. The van der Waals surface area contributed by atoms with Crippen LogP contribution in [0.1, 0.15) is 18.1 Å². The maximum atomic E-state index is 12.9. The zero-order chi connectivity index (χ0) is 18.4. The van der Waals surface area contributed by atoms with E-state index in [-0.39, 0.29) is 11.7 Å². The number of ether oxygens (including phenoxy) is 1. The first kappa shape index (κ1) is 17.6. The minimum atomic E-state index is -0.697. The molecule has 1 aromatic heterocycles. The van der Waals surface area contributed by atoms with Gasteiger partial charge in [0.2, 0.25) is 0 Å². The Balaban J connectivity index is 1.56. The highest BCUT2D eigenvalue weighted by molar-refractivity contribution is 5.94. The molecule has 5 heteroatoms. The summed E-state index contributed by atoms with van der Waals surface area (Å²) in [6.07, 6.45) is 3.65. The van der Waals surface area contributed by atoms with Crippen molar-refractivity contribution in [2.45, 2.75) is 19.4 Å². The summed E-state index contributed by atoms with van der Waals surface area (Å²) in [6.45, 7) is 1.65. The average molecular weight is 350 g/mol. The van der Waals surface area contributed by atoms with Crippen LogP contribution in [0.25, 0.3) is 0 Å². The molecule has 3 aromatic rings. The number of nitrogens with one attached hydrogen (secondary N) is 1. The molecule has 132 valence electrons. The quantitative estimate of drug-likeness (QED) is 0.724. The van der Waals surface area contributed by atoms with Gasteiger partial charge in [0.15, 0.2) is 6.10 Å². The number of aromatic nitrogens is 1. The molecule has 0 spiro atoms. The van der Waals surface area contributed by atoms with Crippen LogP contribution in [0.5, 0.6) is 5.75 Å². The normalized spacial score (nSPS) is 11.6. The van der Waals surface area contributed by atoms with Gasteiger partial charge in [-0.3, -0.25) is 9.78 Å². The molecule has 0 bridgehead atoms. The molecule has 4 nitrogen and oxygen atoms in total. The van der Waals surface area contributed by atoms with Crippen LogP contribution in [0.15, 0.2) is 73.1 Å². The molecule has 0 saturated carbocycles. The lowest BCUT2D eigenvalue weighted by molar-refractivity contribution is -0.122. The smallest absolute Gasteiger partial charge is 0.265 e. The van der Waals surface area contributed by atoms with Gasteiger partial charge in [0.25, 0.3) is 5.91 Å². The van der Waals surface area contributed by atoms with Crippen LogP contribution < -0.4 is 10.1 Å². The fourth-order valence-electron chi connectivity index (χ4n) is 2.46. The summed E-state index contributed by atoms with van der Waals surface area (Å²) < 4.78 is 18.4. The first-order chi connectivity index (χ1) is 12.6. The van der Waals surface area contributed by atoms with Crippen molar-refractivity contribution >= 4 is 11.6 Å². The summed E-state index contributed by atoms with van der Waals surface area (Å²) in [6, 6.07) is 17.2. The molecule has 3 rings (SSSR count). The Hall–Kier alpha value is -3.21. The van der Waals surface area contributed by atoms with Crippen LogP contribution in [0, 0.1) is 5.82 Å². The third kappa shape index (κ3) is 4.89. The first-order valence-corrected chi connectivity index (χ1v) is 8.31. The van der Waals surface area contributed by atoms with E-state index < -0.39 is 6.10 Å². The Bertz CT molecular complexity index is 849. The molecule has 1 N–H and O–H groups in total. The van der Waals surface area contributed by atoms with Crippen LogP contribution in [0.4, 0.5) is 10.1 Å². The summed E-state index contributed by atoms with van der Waals surface area (Å²) >= 11 is 0. The van der Waals surface area contributed by atoms with Gasteiger partial charge in [0, 0.05) is 18.1 Å². The Morgan fingerprint density at radius 2 is 1.62 bits per heavy atom. The van der Waals surface area contributed by atoms with Crippen LogP contribution in [-0.4, -0.2) is 17.0 Å². The fraction of sp³-hybridized carbons (Fsp3) is 0.143. The highest BCUT2D eigenvalue weighted by Crippen LogP contribution is 2.16. The van der Waals surface area contributed by atoms with Crippen LogP contribution >= 0.6 is 0 Å². The second-order valence-corrected chi connectivity index (χ2v) is 5.93. The number of halogens is 1. The number of nitrogens with zero attached hydrogens (tertiary/aromatic N) is 1. The molecule has 26 heavy (non-hydrogen) atoms. The van der Waals surface area contributed by atoms with Crippen molar-refractivity contribution in [3.05, 3.63) is 90.0 Å². The van der Waals surface area contributed by atoms with E-state index in [0.717, 1.165) is 12.0 Å². The van der Waals surface area contributed by atoms with E-state index in [4.69, 9.17) is 4.74 Å². The molecule has 2 aromatic carbocycles. The predicted molar refractivity (Wildman–Crippen MR) is 98.6 cm³/mol. The van der Waals surface area contributed by atoms with E-state index in [9.17, 15) is 9.18 Å². The topological polar surface area (TPSA) is 51.2 Å². The number of hydrogen-bond acceptors (Lipinski definition) is 3. The van der Waals surface area contributed by atoms with Gasteiger partial charge in [0.1, 0.15) is 11.6 Å². The van der Waals surface area contributed by atoms with Gasteiger partial charge in [-0.05, 0) is 73.0 Å². The largest absolute Gasteiger partial charge is 0.481 e. The van der Waals surface area contributed by atoms with Gasteiger partial charge >= 0.3 is 0 Å². The predicted octanol–water partition coefficient (Wildman–Crippen LogP) is 4.22.